The summed E-state index contributed by atoms with van der Waals surface area (Å²) in [5.74, 6) is 0.218. The highest BCUT2D eigenvalue weighted by molar-refractivity contribution is 7.92. The largest absolute Gasteiger partial charge is 0.506 e. The van der Waals surface area contributed by atoms with Gasteiger partial charge in [-0.15, -0.1) is 0 Å². The van der Waals surface area contributed by atoms with E-state index in [2.05, 4.69) is 9.71 Å². The molecule has 106 valence electrons. The van der Waals surface area contributed by atoms with E-state index in [1.807, 2.05) is 0 Å². The third-order valence-electron chi connectivity index (χ3n) is 2.79. The molecule has 0 unspecified atom stereocenters. The van der Waals surface area contributed by atoms with Gasteiger partial charge in [0, 0.05) is 5.69 Å². The summed E-state index contributed by atoms with van der Waals surface area (Å²) < 4.78 is 26.7. The molecule has 0 saturated carbocycles. The van der Waals surface area contributed by atoms with Gasteiger partial charge in [0.2, 0.25) is 0 Å². The zero-order chi connectivity index (χ0) is 14.9. The van der Waals surface area contributed by atoms with E-state index in [9.17, 15) is 13.5 Å². The highest BCUT2D eigenvalue weighted by Gasteiger charge is 2.16. The maximum absolute atomic E-state index is 12.2. The Morgan fingerprint density at radius 3 is 2.35 bits per heavy atom. The van der Waals surface area contributed by atoms with Gasteiger partial charge in [0.25, 0.3) is 10.0 Å². The maximum Gasteiger partial charge on any atom is 0.263 e. The van der Waals surface area contributed by atoms with Crippen molar-refractivity contribution in [2.75, 3.05) is 10.5 Å². The number of benzene rings is 1. The molecule has 0 fully saturated rings. The predicted octanol–water partition coefficient (Wildman–Crippen LogP) is 1.79. The number of hydrogen-bond donors (Lipinski definition) is 3. The van der Waals surface area contributed by atoms with Crippen LogP contribution in [0.2, 0.25) is 0 Å². The molecule has 2 aromatic rings. The molecular weight excluding hydrogens is 278 g/mol. The van der Waals surface area contributed by atoms with Gasteiger partial charge < -0.3 is 10.8 Å². The third-order valence-corrected chi connectivity index (χ3v) is 4.16. The minimum atomic E-state index is -3.73. The van der Waals surface area contributed by atoms with Crippen LogP contribution in [-0.2, 0) is 10.0 Å². The molecule has 6 nitrogen and oxygen atoms in total. The second kappa shape index (κ2) is 5.01. The average Bonchev–Trinajstić information content (AvgIpc) is 2.36. The molecule has 0 aliphatic heterocycles. The summed E-state index contributed by atoms with van der Waals surface area (Å²) in [6.45, 7) is 3.27. The van der Waals surface area contributed by atoms with E-state index in [1.165, 1.54) is 30.3 Å². The molecule has 1 heterocycles. The Morgan fingerprint density at radius 2 is 1.80 bits per heavy atom. The lowest BCUT2D eigenvalue weighted by atomic mass is 10.2. The zero-order valence-electron chi connectivity index (χ0n) is 11.1. The summed E-state index contributed by atoms with van der Waals surface area (Å²) in [5, 5.41) is 9.62. The molecule has 0 amide bonds. The number of nitrogens with zero attached hydrogens (tertiary/aromatic N) is 1. The van der Waals surface area contributed by atoms with Gasteiger partial charge in [0.15, 0.2) is 0 Å². The first-order valence-corrected chi connectivity index (χ1v) is 7.33. The lowest BCUT2D eigenvalue weighted by Gasteiger charge is -2.10. The normalized spacial score (nSPS) is 11.3. The van der Waals surface area contributed by atoms with E-state index in [0.29, 0.717) is 16.9 Å². The van der Waals surface area contributed by atoms with Crippen LogP contribution in [0.4, 0.5) is 11.5 Å². The minimum absolute atomic E-state index is 0.0560. The van der Waals surface area contributed by atoms with Crippen molar-refractivity contribution in [3.63, 3.8) is 0 Å². The van der Waals surface area contributed by atoms with Crippen LogP contribution in [0.15, 0.2) is 35.2 Å². The number of aromatic hydroxyl groups is 1. The van der Waals surface area contributed by atoms with Gasteiger partial charge in [0.1, 0.15) is 11.6 Å². The molecule has 0 bridgehead atoms. The Morgan fingerprint density at radius 1 is 1.20 bits per heavy atom. The van der Waals surface area contributed by atoms with E-state index in [-0.39, 0.29) is 16.5 Å². The monoisotopic (exact) mass is 293 g/mol. The first-order chi connectivity index (χ1) is 9.29. The number of sulfonamides is 1. The van der Waals surface area contributed by atoms with Gasteiger partial charge in [-0.25, -0.2) is 13.4 Å². The van der Waals surface area contributed by atoms with Gasteiger partial charge >= 0.3 is 0 Å². The van der Waals surface area contributed by atoms with Crippen LogP contribution in [0.5, 0.6) is 5.75 Å². The van der Waals surface area contributed by atoms with Crippen LogP contribution in [0.25, 0.3) is 0 Å². The summed E-state index contributed by atoms with van der Waals surface area (Å²) in [4.78, 5) is 4.09. The number of nitrogen functional groups attached to an aromatic ring is 1. The number of anilines is 2. The van der Waals surface area contributed by atoms with Gasteiger partial charge in [0.05, 0.1) is 10.6 Å². The van der Waals surface area contributed by atoms with Crippen molar-refractivity contribution in [2.24, 2.45) is 0 Å². The first-order valence-electron chi connectivity index (χ1n) is 5.85. The Labute approximate surface area is 117 Å². The summed E-state index contributed by atoms with van der Waals surface area (Å²) in [7, 11) is -3.73. The maximum atomic E-state index is 12.2. The lowest BCUT2D eigenvalue weighted by molar-refractivity contribution is 0.463. The highest BCUT2D eigenvalue weighted by Crippen LogP contribution is 2.24. The lowest BCUT2D eigenvalue weighted by Crippen LogP contribution is -2.14. The number of nitrogens with one attached hydrogen (secondary N) is 1. The Bertz CT molecular complexity index is 717. The number of aryl methyl sites for hydroxylation is 2. The van der Waals surface area contributed by atoms with Gasteiger partial charge in [-0.3, -0.25) is 4.72 Å². The molecule has 7 heteroatoms. The fourth-order valence-corrected chi connectivity index (χ4v) is 2.71. The SMILES string of the molecule is Cc1cc(NS(=O)(=O)c2ccc(N)cc2)nc(C)c1O. The van der Waals surface area contributed by atoms with E-state index >= 15 is 0 Å². The van der Waals surface area contributed by atoms with E-state index < -0.39 is 10.0 Å². The molecule has 0 aliphatic rings. The smallest absolute Gasteiger partial charge is 0.263 e. The average molecular weight is 293 g/mol. The summed E-state index contributed by atoms with van der Waals surface area (Å²) in [6.07, 6.45) is 0. The number of rotatable bonds is 3. The number of aromatic nitrogens is 1. The van der Waals surface area contributed by atoms with Gasteiger partial charge in [-0.05, 0) is 49.7 Å². The van der Waals surface area contributed by atoms with Crippen LogP contribution in [0.1, 0.15) is 11.3 Å². The number of nitrogens with two attached hydrogens (primary N) is 1. The van der Waals surface area contributed by atoms with Crippen LogP contribution < -0.4 is 10.5 Å². The van der Waals surface area contributed by atoms with Crippen LogP contribution in [-0.4, -0.2) is 18.5 Å². The number of pyridine rings is 1. The van der Waals surface area contributed by atoms with Gasteiger partial charge in [-0.1, -0.05) is 0 Å². The molecular formula is C13H15N3O3S. The zero-order valence-corrected chi connectivity index (χ0v) is 11.9. The predicted molar refractivity (Wildman–Crippen MR) is 77.0 cm³/mol. The molecule has 2 rings (SSSR count). The van der Waals surface area contributed by atoms with Crippen molar-refractivity contribution in [1.82, 2.24) is 4.98 Å². The molecule has 0 radical (unpaired) electrons. The Kier molecular flexibility index (Phi) is 3.54. The van der Waals surface area contributed by atoms with Crippen molar-refractivity contribution in [3.8, 4) is 5.75 Å². The first kappa shape index (κ1) is 14.1. The van der Waals surface area contributed by atoms with Crippen molar-refractivity contribution >= 4 is 21.5 Å². The second-order valence-corrected chi connectivity index (χ2v) is 6.12. The van der Waals surface area contributed by atoms with E-state index in [1.54, 1.807) is 13.8 Å². The molecule has 1 aromatic carbocycles. The second-order valence-electron chi connectivity index (χ2n) is 4.43. The highest BCUT2D eigenvalue weighted by atomic mass is 32.2. The van der Waals surface area contributed by atoms with Gasteiger partial charge in [-0.2, -0.15) is 0 Å². The standard InChI is InChI=1S/C13H15N3O3S/c1-8-7-12(15-9(2)13(8)17)16-20(18,19)11-5-3-10(14)4-6-11/h3-7,17H,14H2,1-2H3,(H,15,16). The quantitative estimate of drug-likeness (QED) is 0.748. The summed E-state index contributed by atoms with van der Waals surface area (Å²) in [6, 6.07) is 7.32. The molecule has 0 saturated heterocycles. The molecule has 0 spiro atoms. The van der Waals surface area contributed by atoms with Crippen LogP contribution in [0.3, 0.4) is 0 Å². The Balaban J connectivity index is 2.36. The fourth-order valence-electron chi connectivity index (χ4n) is 1.72. The fraction of sp³-hybridized carbons (Fsp3) is 0.154. The molecule has 4 N–H and O–H groups in total. The van der Waals surface area contributed by atoms with Crippen molar-refractivity contribution in [2.45, 2.75) is 18.7 Å². The third kappa shape index (κ3) is 2.83. The topological polar surface area (TPSA) is 105 Å². The van der Waals surface area contributed by atoms with E-state index in [0.717, 1.165) is 0 Å². The summed E-state index contributed by atoms with van der Waals surface area (Å²) >= 11 is 0. The summed E-state index contributed by atoms with van der Waals surface area (Å²) in [5.41, 5.74) is 6.92. The molecule has 0 atom stereocenters. The van der Waals surface area contributed by atoms with Crippen molar-refractivity contribution < 1.29 is 13.5 Å². The minimum Gasteiger partial charge on any atom is -0.506 e. The molecule has 1 aromatic heterocycles. The molecule has 20 heavy (non-hydrogen) atoms. The van der Waals surface area contributed by atoms with Crippen molar-refractivity contribution in [3.05, 3.63) is 41.6 Å². The molecule has 0 aliphatic carbocycles. The van der Waals surface area contributed by atoms with E-state index in [4.69, 9.17) is 5.73 Å². The Hall–Kier alpha value is -2.28. The number of hydrogen-bond acceptors (Lipinski definition) is 5. The van der Waals surface area contributed by atoms with Crippen molar-refractivity contribution in [1.29, 1.82) is 0 Å². The van der Waals surface area contributed by atoms with Crippen LogP contribution >= 0.6 is 0 Å². The van der Waals surface area contributed by atoms with Crippen LogP contribution in [0, 0.1) is 13.8 Å².